The predicted octanol–water partition coefficient (Wildman–Crippen LogP) is -0.677. The fourth-order valence-electron chi connectivity index (χ4n) is 1.47. The molecule has 0 aromatic heterocycles. The number of rotatable bonds is 5. The first-order valence-electron chi connectivity index (χ1n) is 4.75. The van der Waals surface area contributed by atoms with E-state index in [1.807, 2.05) is 6.92 Å². The smallest absolute Gasteiger partial charge is 0.213 e. The molecule has 2 N–H and O–H groups in total. The highest BCUT2D eigenvalue weighted by atomic mass is 32.2. The second-order valence-electron chi connectivity index (χ2n) is 3.52. The maximum absolute atomic E-state index is 11.2. The van der Waals surface area contributed by atoms with Crippen molar-refractivity contribution in [2.75, 3.05) is 25.5 Å². The van der Waals surface area contributed by atoms with E-state index < -0.39 is 10.0 Å². The summed E-state index contributed by atoms with van der Waals surface area (Å²) in [4.78, 5) is 0. The van der Waals surface area contributed by atoms with Crippen LogP contribution >= 0.6 is 0 Å². The minimum atomic E-state index is -3.30. The van der Waals surface area contributed by atoms with Crippen molar-refractivity contribution in [2.24, 2.45) is 5.92 Å². The normalized spacial score (nSPS) is 28.1. The second kappa shape index (κ2) is 5.06. The molecule has 0 spiro atoms. The molecule has 1 aliphatic heterocycles. The number of hydrogen-bond acceptors (Lipinski definition) is 4. The molecule has 6 heteroatoms. The van der Waals surface area contributed by atoms with Gasteiger partial charge in [-0.05, 0) is 13.3 Å². The topological polar surface area (TPSA) is 75.6 Å². The largest absolute Gasteiger partial charge is 0.395 e. The van der Waals surface area contributed by atoms with E-state index >= 15 is 0 Å². The lowest BCUT2D eigenvalue weighted by Gasteiger charge is -2.14. The summed E-state index contributed by atoms with van der Waals surface area (Å²) < 4.78 is 30.1. The monoisotopic (exact) mass is 223 g/mol. The summed E-state index contributed by atoms with van der Waals surface area (Å²) in [6.07, 6.45) is 1.01. The Morgan fingerprint density at radius 1 is 1.57 bits per heavy atom. The first-order chi connectivity index (χ1) is 6.55. The van der Waals surface area contributed by atoms with Crippen LogP contribution in [0.5, 0.6) is 0 Å². The molecule has 1 aliphatic rings. The molecule has 0 aromatic carbocycles. The molecule has 0 aromatic rings. The Labute approximate surface area is 84.5 Å². The fraction of sp³-hybridized carbons (Fsp3) is 1.00. The van der Waals surface area contributed by atoms with E-state index in [9.17, 15) is 8.42 Å². The summed E-state index contributed by atoms with van der Waals surface area (Å²) in [6.45, 7) is 2.71. The molecule has 1 saturated heterocycles. The van der Waals surface area contributed by atoms with Gasteiger partial charge in [0.1, 0.15) is 0 Å². The van der Waals surface area contributed by atoms with E-state index in [-0.39, 0.29) is 24.4 Å². The standard InChI is InChI=1S/C8H17NO4S/c1-7-8(2-4-13-7)6-9-14(11,12)5-3-10/h7-10H,2-6H2,1H3. The fourth-order valence-corrected chi connectivity index (χ4v) is 2.32. The summed E-state index contributed by atoms with van der Waals surface area (Å²) in [6, 6.07) is 0. The highest BCUT2D eigenvalue weighted by Gasteiger charge is 2.25. The van der Waals surface area contributed by atoms with Gasteiger partial charge >= 0.3 is 0 Å². The number of nitrogens with one attached hydrogen (secondary N) is 1. The zero-order valence-corrected chi connectivity index (χ0v) is 9.09. The van der Waals surface area contributed by atoms with Crippen LogP contribution < -0.4 is 4.72 Å². The van der Waals surface area contributed by atoms with Gasteiger partial charge in [-0.25, -0.2) is 13.1 Å². The molecule has 0 saturated carbocycles. The molecule has 0 aliphatic carbocycles. The van der Waals surface area contributed by atoms with E-state index in [1.165, 1.54) is 0 Å². The van der Waals surface area contributed by atoms with Gasteiger partial charge in [0.2, 0.25) is 10.0 Å². The third-order valence-corrected chi connectivity index (χ3v) is 3.79. The Kier molecular flexibility index (Phi) is 4.31. The Balaban J connectivity index is 2.32. The lowest BCUT2D eigenvalue weighted by atomic mass is 10.0. The van der Waals surface area contributed by atoms with E-state index in [0.29, 0.717) is 13.2 Å². The zero-order valence-electron chi connectivity index (χ0n) is 8.27. The van der Waals surface area contributed by atoms with Gasteiger partial charge in [-0.1, -0.05) is 0 Å². The van der Waals surface area contributed by atoms with Gasteiger partial charge < -0.3 is 9.84 Å². The number of aliphatic hydroxyl groups excluding tert-OH is 1. The molecule has 1 fully saturated rings. The predicted molar refractivity (Wildman–Crippen MR) is 52.4 cm³/mol. The van der Waals surface area contributed by atoms with Crippen LogP contribution in [-0.2, 0) is 14.8 Å². The van der Waals surface area contributed by atoms with Crippen molar-refractivity contribution in [1.82, 2.24) is 4.72 Å². The van der Waals surface area contributed by atoms with Crippen LogP contribution in [-0.4, -0.2) is 45.1 Å². The van der Waals surface area contributed by atoms with Crippen LogP contribution in [0.3, 0.4) is 0 Å². The average molecular weight is 223 g/mol. The van der Waals surface area contributed by atoms with E-state index in [1.54, 1.807) is 0 Å². The molecule has 14 heavy (non-hydrogen) atoms. The minimum absolute atomic E-state index is 0.117. The lowest BCUT2D eigenvalue weighted by molar-refractivity contribution is 0.107. The van der Waals surface area contributed by atoms with Gasteiger partial charge in [0.05, 0.1) is 18.5 Å². The van der Waals surface area contributed by atoms with Crippen molar-refractivity contribution in [2.45, 2.75) is 19.4 Å². The molecule has 84 valence electrons. The molecular formula is C8H17NO4S. The lowest BCUT2D eigenvalue weighted by Crippen LogP contribution is -2.34. The molecular weight excluding hydrogens is 206 g/mol. The quantitative estimate of drug-likeness (QED) is 0.647. The van der Waals surface area contributed by atoms with E-state index in [4.69, 9.17) is 9.84 Å². The molecule has 1 rings (SSSR count). The van der Waals surface area contributed by atoms with Crippen molar-refractivity contribution in [3.63, 3.8) is 0 Å². The van der Waals surface area contributed by atoms with Gasteiger partial charge in [0, 0.05) is 19.1 Å². The van der Waals surface area contributed by atoms with Crippen molar-refractivity contribution in [3.05, 3.63) is 0 Å². The van der Waals surface area contributed by atoms with Gasteiger partial charge in [0.25, 0.3) is 0 Å². The van der Waals surface area contributed by atoms with Crippen LogP contribution in [0.1, 0.15) is 13.3 Å². The highest BCUT2D eigenvalue weighted by Crippen LogP contribution is 2.19. The molecule has 0 bridgehead atoms. The second-order valence-corrected chi connectivity index (χ2v) is 5.44. The molecule has 1 heterocycles. The summed E-state index contributed by atoms with van der Waals surface area (Å²) >= 11 is 0. The number of sulfonamides is 1. The van der Waals surface area contributed by atoms with Gasteiger partial charge in [-0.3, -0.25) is 0 Å². The van der Waals surface area contributed by atoms with Gasteiger partial charge in [-0.15, -0.1) is 0 Å². The molecule has 0 amide bonds. The zero-order chi connectivity index (χ0) is 10.6. The average Bonchev–Trinajstić information content (AvgIpc) is 2.48. The highest BCUT2D eigenvalue weighted by molar-refractivity contribution is 7.89. The maximum atomic E-state index is 11.2. The third kappa shape index (κ3) is 3.53. The number of aliphatic hydroxyl groups is 1. The SMILES string of the molecule is CC1OCCC1CNS(=O)(=O)CCO. The number of ether oxygens (including phenoxy) is 1. The Bertz CT molecular complexity index is 265. The molecule has 2 atom stereocenters. The molecule has 2 unspecified atom stereocenters. The van der Waals surface area contributed by atoms with Gasteiger partial charge in [-0.2, -0.15) is 0 Å². The molecule has 0 radical (unpaired) electrons. The van der Waals surface area contributed by atoms with Crippen LogP contribution in [0, 0.1) is 5.92 Å². The maximum Gasteiger partial charge on any atom is 0.213 e. The van der Waals surface area contributed by atoms with Gasteiger partial charge in [0.15, 0.2) is 0 Å². The Hall–Kier alpha value is -0.170. The first-order valence-corrected chi connectivity index (χ1v) is 6.40. The summed E-state index contributed by atoms with van der Waals surface area (Å²) in [5.41, 5.74) is 0. The Morgan fingerprint density at radius 2 is 2.29 bits per heavy atom. The third-order valence-electron chi connectivity index (χ3n) is 2.46. The van der Waals surface area contributed by atoms with Crippen molar-refractivity contribution < 1.29 is 18.3 Å². The number of hydrogen-bond donors (Lipinski definition) is 2. The van der Waals surface area contributed by atoms with Crippen LogP contribution in [0.4, 0.5) is 0 Å². The van der Waals surface area contributed by atoms with Crippen molar-refractivity contribution in [1.29, 1.82) is 0 Å². The minimum Gasteiger partial charge on any atom is -0.395 e. The van der Waals surface area contributed by atoms with E-state index in [2.05, 4.69) is 4.72 Å². The van der Waals surface area contributed by atoms with Crippen LogP contribution in [0.2, 0.25) is 0 Å². The van der Waals surface area contributed by atoms with Crippen LogP contribution in [0.25, 0.3) is 0 Å². The van der Waals surface area contributed by atoms with Crippen LogP contribution in [0.15, 0.2) is 0 Å². The van der Waals surface area contributed by atoms with Crippen molar-refractivity contribution in [3.8, 4) is 0 Å². The molecule has 5 nitrogen and oxygen atoms in total. The Morgan fingerprint density at radius 3 is 2.79 bits per heavy atom. The van der Waals surface area contributed by atoms with E-state index in [0.717, 1.165) is 6.42 Å². The summed E-state index contributed by atoms with van der Waals surface area (Å²) in [7, 11) is -3.30. The summed E-state index contributed by atoms with van der Waals surface area (Å²) in [5, 5.41) is 8.50. The first kappa shape index (κ1) is 11.9. The van der Waals surface area contributed by atoms with Crippen molar-refractivity contribution >= 4 is 10.0 Å². The summed E-state index contributed by atoms with van der Waals surface area (Å²) in [5.74, 6) is 0.0260.